The number of esters is 1. The molecule has 5 nitrogen and oxygen atoms in total. The standard InChI is InChI=1S/C28H42O5/c1-17(2)18(3)7-8-19(4)22-9-10-23-21(24(29)12-13-27(22,23)5)16-26(31)33-20-11-14-28(6,32)25(30)15-20/h7-8,16-20,22-23,32H,9-15H2,1-6H3/b8-7+,21-16-. The third-order valence-electron chi connectivity index (χ3n) is 8.93. The Hall–Kier alpha value is -1.75. The first-order chi connectivity index (χ1) is 15.3. The lowest BCUT2D eigenvalue weighted by Crippen LogP contribution is -2.43. The van der Waals surface area contributed by atoms with Crippen molar-refractivity contribution in [2.45, 2.75) is 98.2 Å². The molecule has 0 radical (unpaired) electrons. The number of rotatable bonds is 6. The molecule has 0 aromatic heterocycles. The van der Waals surface area contributed by atoms with Gasteiger partial charge in [-0.25, -0.2) is 4.79 Å². The fraction of sp³-hybridized carbons (Fsp3) is 0.750. The molecule has 0 saturated heterocycles. The van der Waals surface area contributed by atoms with E-state index >= 15 is 0 Å². The zero-order valence-electron chi connectivity index (χ0n) is 21.2. The topological polar surface area (TPSA) is 80.7 Å². The summed E-state index contributed by atoms with van der Waals surface area (Å²) in [6, 6.07) is 0. The molecule has 33 heavy (non-hydrogen) atoms. The van der Waals surface area contributed by atoms with Crippen LogP contribution in [0.3, 0.4) is 0 Å². The molecule has 3 aliphatic carbocycles. The van der Waals surface area contributed by atoms with E-state index < -0.39 is 17.7 Å². The average molecular weight is 459 g/mol. The molecule has 7 unspecified atom stereocenters. The normalized spacial score (nSPS) is 38.1. The average Bonchev–Trinajstić information content (AvgIpc) is 3.08. The van der Waals surface area contributed by atoms with Gasteiger partial charge in [-0.1, -0.05) is 46.8 Å². The van der Waals surface area contributed by atoms with Crippen molar-refractivity contribution in [2.75, 3.05) is 0 Å². The monoisotopic (exact) mass is 458 g/mol. The van der Waals surface area contributed by atoms with E-state index in [0.717, 1.165) is 19.3 Å². The fourth-order valence-corrected chi connectivity index (χ4v) is 6.14. The maximum Gasteiger partial charge on any atom is 0.331 e. The van der Waals surface area contributed by atoms with Gasteiger partial charge in [0.05, 0.1) is 0 Å². The minimum Gasteiger partial charge on any atom is -0.459 e. The molecule has 3 rings (SSSR count). The molecule has 5 heteroatoms. The second-order valence-electron chi connectivity index (χ2n) is 11.6. The molecule has 184 valence electrons. The lowest BCUT2D eigenvalue weighted by Gasteiger charge is -2.43. The molecule has 1 N–H and O–H groups in total. The Morgan fingerprint density at radius 1 is 1.06 bits per heavy atom. The minimum absolute atomic E-state index is 0.00957. The molecular weight excluding hydrogens is 416 g/mol. The molecule has 3 saturated carbocycles. The maximum absolute atomic E-state index is 12.8. The Balaban J connectivity index is 1.71. The van der Waals surface area contributed by atoms with Crippen LogP contribution in [-0.4, -0.2) is 34.3 Å². The van der Waals surface area contributed by atoms with E-state index in [4.69, 9.17) is 4.74 Å². The molecule has 0 aromatic rings. The summed E-state index contributed by atoms with van der Waals surface area (Å²) in [5.74, 6) is 1.33. The van der Waals surface area contributed by atoms with Gasteiger partial charge in [0.25, 0.3) is 0 Å². The van der Waals surface area contributed by atoms with Crippen molar-refractivity contribution in [1.29, 1.82) is 0 Å². The Morgan fingerprint density at radius 3 is 2.39 bits per heavy atom. The summed E-state index contributed by atoms with van der Waals surface area (Å²) < 4.78 is 5.54. The molecule has 7 atom stereocenters. The van der Waals surface area contributed by atoms with Crippen LogP contribution in [0.5, 0.6) is 0 Å². The fourth-order valence-electron chi connectivity index (χ4n) is 6.14. The SMILES string of the molecule is CC(C)C(C)/C=C/C(C)C1CCC2/C(=C/C(=O)OC3CCC(C)(O)C(=O)C3)C(=O)CCC21C. The van der Waals surface area contributed by atoms with Gasteiger partial charge in [-0.3, -0.25) is 9.59 Å². The zero-order chi connectivity index (χ0) is 24.6. The van der Waals surface area contributed by atoms with Gasteiger partial charge in [-0.05, 0) is 74.0 Å². The number of hydrogen-bond acceptors (Lipinski definition) is 5. The molecule has 0 heterocycles. The van der Waals surface area contributed by atoms with Gasteiger partial charge in [0, 0.05) is 24.5 Å². The van der Waals surface area contributed by atoms with E-state index in [1.165, 1.54) is 13.0 Å². The van der Waals surface area contributed by atoms with Crippen molar-refractivity contribution in [3.8, 4) is 0 Å². The second-order valence-corrected chi connectivity index (χ2v) is 11.6. The first-order valence-electron chi connectivity index (χ1n) is 12.7. The van der Waals surface area contributed by atoms with E-state index in [1.54, 1.807) is 0 Å². The largest absolute Gasteiger partial charge is 0.459 e. The van der Waals surface area contributed by atoms with Crippen molar-refractivity contribution in [1.82, 2.24) is 0 Å². The minimum atomic E-state index is -1.33. The van der Waals surface area contributed by atoms with Crippen LogP contribution < -0.4 is 0 Å². The first-order valence-corrected chi connectivity index (χ1v) is 12.7. The van der Waals surface area contributed by atoms with Crippen molar-refractivity contribution >= 4 is 17.5 Å². The van der Waals surface area contributed by atoms with Crippen molar-refractivity contribution in [3.63, 3.8) is 0 Å². The van der Waals surface area contributed by atoms with Crippen LogP contribution in [0.15, 0.2) is 23.8 Å². The molecular formula is C28H42O5. The van der Waals surface area contributed by atoms with Gasteiger partial charge >= 0.3 is 5.97 Å². The Morgan fingerprint density at radius 2 is 1.76 bits per heavy atom. The molecule has 0 aliphatic heterocycles. The quantitative estimate of drug-likeness (QED) is 0.336. The van der Waals surface area contributed by atoms with Gasteiger partial charge in [0.15, 0.2) is 11.6 Å². The molecule has 0 bridgehead atoms. The van der Waals surface area contributed by atoms with E-state index in [1.807, 2.05) is 0 Å². The van der Waals surface area contributed by atoms with Crippen molar-refractivity contribution < 1.29 is 24.2 Å². The van der Waals surface area contributed by atoms with Crippen LogP contribution in [0.2, 0.25) is 0 Å². The molecule has 0 aromatic carbocycles. The summed E-state index contributed by atoms with van der Waals surface area (Å²) in [7, 11) is 0. The number of carbonyl (C=O) groups is 3. The highest BCUT2D eigenvalue weighted by Gasteiger charge is 2.52. The number of aliphatic hydroxyl groups is 1. The number of ether oxygens (including phenoxy) is 1. The molecule has 3 fully saturated rings. The number of hydrogen-bond donors (Lipinski definition) is 1. The lowest BCUT2D eigenvalue weighted by atomic mass is 9.61. The predicted molar refractivity (Wildman–Crippen MR) is 128 cm³/mol. The zero-order valence-corrected chi connectivity index (χ0v) is 21.2. The Bertz CT molecular complexity index is 835. The highest BCUT2D eigenvalue weighted by atomic mass is 16.5. The lowest BCUT2D eigenvalue weighted by molar-refractivity contribution is -0.154. The molecule has 3 aliphatic rings. The first kappa shape index (κ1) is 25.9. The number of carbonyl (C=O) groups excluding carboxylic acids is 3. The predicted octanol–water partition coefficient (Wildman–Crippen LogP) is 5.21. The Kier molecular flexibility index (Phi) is 7.72. The third kappa shape index (κ3) is 5.50. The van der Waals surface area contributed by atoms with Crippen LogP contribution in [0.25, 0.3) is 0 Å². The summed E-state index contributed by atoms with van der Waals surface area (Å²) >= 11 is 0. The summed E-state index contributed by atoms with van der Waals surface area (Å²) in [6.07, 6.45) is 9.60. The van der Waals surface area contributed by atoms with Gasteiger partial charge in [0.2, 0.25) is 0 Å². The number of allylic oxidation sites excluding steroid dienone is 3. The number of fused-ring (bicyclic) bond motifs is 1. The van der Waals surface area contributed by atoms with E-state index in [2.05, 4.69) is 46.8 Å². The van der Waals surface area contributed by atoms with Crippen LogP contribution in [0, 0.1) is 35.0 Å². The second kappa shape index (κ2) is 9.85. The summed E-state index contributed by atoms with van der Waals surface area (Å²) in [5, 5.41) is 10.0. The summed E-state index contributed by atoms with van der Waals surface area (Å²) in [5.41, 5.74) is -0.735. The third-order valence-corrected chi connectivity index (χ3v) is 8.93. The van der Waals surface area contributed by atoms with E-state index in [-0.39, 0.29) is 35.7 Å². The highest BCUT2D eigenvalue weighted by molar-refractivity contribution is 6.02. The number of Topliss-reactive ketones (excluding diaryl/α,β-unsaturated/α-hetero) is 2. The van der Waals surface area contributed by atoms with Gasteiger partial charge in [-0.2, -0.15) is 0 Å². The van der Waals surface area contributed by atoms with Crippen molar-refractivity contribution in [3.05, 3.63) is 23.8 Å². The molecule has 0 spiro atoms. The van der Waals surface area contributed by atoms with E-state index in [0.29, 0.717) is 42.1 Å². The maximum atomic E-state index is 12.8. The van der Waals surface area contributed by atoms with Gasteiger partial charge in [0.1, 0.15) is 11.7 Å². The highest BCUT2D eigenvalue weighted by Crippen LogP contribution is 2.58. The van der Waals surface area contributed by atoms with Crippen LogP contribution in [0.1, 0.15) is 86.5 Å². The van der Waals surface area contributed by atoms with Crippen LogP contribution >= 0.6 is 0 Å². The smallest absolute Gasteiger partial charge is 0.331 e. The Labute approximate surface area is 199 Å². The van der Waals surface area contributed by atoms with Crippen LogP contribution in [0.4, 0.5) is 0 Å². The van der Waals surface area contributed by atoms with Gasteiger partial charge in [-0.15, -0.1) is 0 Å². The summed E-state index contributed by atoms with van der Waals surface area (Å²) in [4.78, 5) is 37.6. The van der Waals surface area contributed by atoms with E-state index in [9.17, 15) is 19.5 Å². The molecule has 0 amide bonds. The van der Waals surface area contributed by atoms with Gasteiger partial charge < -0.3 is 9.84 Å². The number of ketones is 2. The van der Waals surface area contributed by atoms with Crippen LogP contribution in [-0.2, 0) is 19.1 Å². The summed E-state index contributed by atoms with van der Waals surface area (Å²) in [6.45, 7) is 12.8. The van der Waals surface area contributed by atoms with Crippen molar-refractivity contribution in [2.24, 2.45) is 35.0 Å².